The lowest BCUT2D eigenvalue weighted by molar-refractivity contribution is 0.0160. The first-order chi connectivity index (χ1) is 8.98. The highest BCUT2D eigenvalue weighted by atomic mass is 16.3. The molecule has 4 heteroatoms. The summed E-state index contributed by atoms with van der Waals surface area (Å²) in [5.74, 6) is -0.256. The van der Waals surface area contributed by atoms with E-state index in [1.54, 1.807) is 5.01 Å². The van der Waals surface area contributed by atoms with Crippen molar-refractivity contribution in [2.24, 2.45) is 16.4 Å². The standard InChI is InChI=1S/C15H20N2O2/c1-15(2)8-11-13(12(18)9-15)14(19)17(16-11)10-6-4-3-5-7-10/h3-7,12-14,18-19H,8-9H2,1-2H3. The largest absolute Gasteiger partial charge is 0.392 e. The summed E-state index contributed by atoms with van der Waals surface area (Å²) < 4.78 is 0. The van der Waals surface area contributed by atoms with Crippen molar-refractivity contribution in [1.29, 1.82) is 0 Å². The summed E-state index contributed by atoms with van der Waals surface area (Å²) in [6.45, 7) is 4.26. The number of benzene rings is 1. The molecular weight excluding hydrogens is 240 g/mol. The third kappa shape index (κ3) is 2.15. The zero-order chi connectivity index (χ0) is 13.6. The van der Waals surface area contributed by atoms with Gasteiger partial charge in [-0.25, -0.2) is 5.01 Å². The summed E-state index contributed by atoms with van der Waals surface area (Å²) in [6.07, 6.45) is 0.251. The van der Waals surface area contributed by atoms with Crippen LogP contribution in [0.25, 0.3) is 0 Å². The molecule has 1 aromatic carbocycles. The number of para-hydroxylation sites is 1. The van der Waals surface area contributed by atoms with E-state index >= 15 is 0 Å². The minimum atomic E-state index is -0.761. The fourth-order valence-electron chi connectivity index (χ4n) is 3.21. The molecule has 1 fully saturated rings. The van der Waals surface area contributed by atoms with Crippen LogP contribution in [0.5, 0.6) is 0 Å². The highest BCUT2D eigenvalue weighted by Crippen LogP contribution is 2.42. The van der Waals surface area contributed by atoms with E-state index in [1.807, 2.05) is 30.3 Å². The molecule has 2 aliphatic rings. The van der Waals surface area contributed by atoms with Crippen LogP contribution in [-0.2, 0) is 0 Å². The van der Waals surface area contributed by atoms with Crippen LogP contribution in [0, 0.1) is 11.3 Å². The van der Waals surface area contributed by atoms with Gasteiger partial charge in [0, 0.05) is 5.71 Å². The van der Waals surface area contributed by atoms with Gasteiger partial charge in [0.25, 0.3) is 0 Å². The maximum absolute atomic E-state index is 10.4. The molecule has 0 aromatic heterocycles. The van der Waals surface area contributed by atoms with Gasteiger partial charge in [-0.3, -0.25) is 0 Å². The molecule has 0 radical (unpaired) electrons. The van der Waals surface area contributed by atoms with Crippen LogP contribution >= 0.6 is 0 Å². The fraction of sp³-hybridized carbons (Fsp3) is 0.533. The quantitative estimate of drug-likeness (QED) is 0.811. The van der Waals surface area contributed by atoms with Crippen LogP contribution < -0.4 is 5.01 Å². The number of nitrogens with zero attached hydrogens (tertiary/aromatic N) is 2. The molecule has 3 atom stereocenters. The van der Waals surface area contributed by atoms with Gasteiger partial charge in [0.1, 0.15) is 0 Å². The molecule has 1 heterocycles. The van der Waals surface area contributed by atoms with E-state index in [4.69, 9.17) is 0 Å². The molecule has 3 rings (SSSR count). The maximum Gasteiger partial charge on any atom is 0.158 e. The molecule has 0 saturated heterocycles. The van der Waals surface area contributed by atoms with Gasteiger partial charge >= 0.3 is 0 Å². The molecule has 0 amide bonds. The van der Waals surface area contributed by atoms with Crippen molar-refractivity contribution in [3.05, 3.63) is 30.3 Å². The first-order valence-corrected chi connectivity index (χ1v) is 6.76. The van der Waals surface area contributed by atoms with Crippen LogP contribution in [0.15, 0.2) is 35.4 Å². The zero-order valence-corrected chi connectivity index (χ0v) is 11.3. The molecule has 102 valence electrons. The molecule has 0 bridgehead atoms. The van der Waals surface area contributed by atoms with Gasteiger partial charge in [0.05, 0.1) is 17.7 Å². The molecule has 1 aliphatic heterocycles. The molecule has 1 saturated carbocycles. The average molecular weight is 260 g/mol. The lowest BCUT2D eigenvalue weighted by Crippen LogP contribution is -2.46. The van der Waals surface area contributed by atoms with E-state index < -0.39 is 12.3 Å². The summed E-state index contributed by atoms with van der Waals surface area (Å²) in [5, 5.41) is 26.9. The van der Waals surface area contributed by atoms with Gasteiger partial charge < -0.3 is 10.2 Å². The SMILES string of the molecule is CC1(C)CC2=NN(c3ccccc3)C(O)C2C(O)C1. The Bertz CT molecular complexity index is 498. The van der Waals surface area contributed by atoms with Crippen molar-refractivity contribution in [2.75, 3.05) is 5.01 Å². The number of rotatable bonds is 1. The number of hydrazone groups is 1. The van der Waals surface area contributed by atoms with Gasteiger partial charge in [-0.05, 0) is 30.4 Å². The highest BCUT2D eigenvalue weighted by molar-refractivity contribution is 5.92. The Morgan fingerprint density at radius 1 is 1.21 bits per heavy atom. The number of fused-ring (bicyclic) bond motifs is 1. The van der Waals surface area contributed by atoms with E-state index in [2.05, 4.69) is 18.9 Å². The summed E-state index contributed by atoms with van der Waals surface area (Å²) in [5.41, 5.74) is 1.82. The number of hydrogen-bond acceptors (Lipinski definition) is 4. The van der Waals surface area contributed by atoms with Crippen molar-refractivity contribution in [2.45, 2.75) is 39.0 Å². The van der Waals surface area contributed by atoms with E-state index in [9.17, 15) is 10.2 Å². The molecule has 2 N–H and O–H groups in total. The maximum atomic E-state index is 10.4. The number of anilines is 1. The smallest absolute Gasteiger partial charge is 0.158 e. The van der Waals surface area contributed by atoms with Gasteiger partial charge in [-0.2, -0.15) is 5.10 Å². The van der Waals surface area contributed by atoms with E-state index in [1.165, 1.54) is 0 Å². The van der Waals surface area contributed by atoms with Crippen LogP contribution in [0.4, 0.5) is 5.69 Å². The van der Waals surface area contributed by atoms with Crippen molar-refractivity contribution < 1.29 is 10.2 Å². The topological polar surface area (TPSA) is 56.1 Å². The number of aliphatic hydroxyl groups is 2. The predicted octanol–water partition coefficient (Wildman–Crippen LogP) is 1.98. The normalized spacial score (nSPS) is 32.9. The van der Waals surface area contributed by atoms with Crippen LogP contribution in [0.1, 0.15) is 26.7 Å². The third-order valence-electron chi connectivity index (χ3n) is 4.05. The number of aliphatic hydroxyl groups excluding tert-OH is 2. The minimum Gasteiger partial charge on any atom is -0.392 e. The second-order valence-corrected chi connectivity index (χ2v) is 6.32. The first kappa shape index (κ1) is 12.6. The van der Waals surface area contributed by atoms with Crippen molar-refractivity contribution in [3.8, 4) is 0 Å². The summed E-state index contributed by atoms with van der Waals surface area (Å²) in [6, 6.07) is 9.61. The Hall–Kier alpha value is -1.39. The van der Waals surface area contributed by atoms with Crippen molar-refractivity contribution >= 4 is 11.4 Å². The fourth-order valence-corrected chi connectivity index (χ4v) is 3.21. The molecule has 1 aliphatic carbocycles. The van der Waals surface area contributed by atoms with Gasteiger partial charge in [-0.1, -0.05) is 32.0 Å². The first-order valence-electron chi connectivity index (χ1n) is 6.76. The Kier molecular flexibility index (Phi) is 2.87. The third-order valence-corrected chi connectivity index (χ3v) is 4.05. The van der Waals surface area contributed by atoms with Crippen molar-refractivity contribution in [1.82, 2.24) is 0 Å². The van der Waals surface area contributed by atoms with Crippen molar-refractivity contribution in [3.63, 3.8) is 0 Å². The van der Waals surface area contributed by atoms with Crippen LogP contribution in [0.2, 0.25) is 0 Å². The average Bonchev–Trinajstić information content (AvgIpc) is 2.66. The van der Waals surface area contributed by atoms with E-state index in [-0.39, 0.29) is 11.3 Å². The zero-order valence-electron chi connectivity index (χ0n) is 11.3. The van der Waals surface area contributed by atoms with E-state index in [0.717, 1.165) is 17.8 Å². The Morgan fingerprint density at radius 3 is 2.58 bits per heavy atom. The molecule has 0 spiro atoms. The lowest BCUT2D eigenvalue weighted by Gasteiger charge is -2.37. The Balaban J connectivity index is 1.93. The van der Waals surface area contributed by atoms with E-state index in [0.29, 0.717) is 6.42 Å². The second-order valence-electron chi connectivity index (χ2n) is 6.32. The predicted molar refractivity (Wildman–Crippen MR) is 74.9 cm³/mol. The Morgan fingerprint density at radius 2 is 1.89 bits per heavy atom. The number of hydrogen-bond donors (Lipinski definition) is 2. The molecule has 19 heavy (non-hydrogen) atoms. The molecule has 4 nitrogen and oxygen atoms in total. The molecule has 3 unspecified atom stereocenters. The summed E-state index contributed by atoms with van der Waals surface area (Å²) in [4.78, 5) is 0. The van der Waals surface area contributed by atoms with Crippen LogP contribution in [0.3, 0.4) is 0 Å². The summed E-state index contributed by atoms with van der Waals surface area (Å²) in [7, 11) is 0. The monoisotopic (exact) mass is 260 g/mol. The van der Waals surface area contributed by atoms with Gasteiger partial charge in [0.2, 0.25) is 0 Å². The Labute approximate surface area is 113 Å². The highest BCUT2D eigenvalue weighted by Gasteiger charge is 2.47. The van der Waals surface area contributed by atoms with Gasteiger partial charge in [-0.15, -0.1) is 0 Å². The second kappa shape index (κ2) is 4.32. The molecular formula is C15H20N2O2. The van der Waals surface area contributed by atoms with Gasteiger partial charge in [0.15, 0.2) is 6.23 Å². The minimum absolute atomic E-state index is 0.0428. The molecule has 1 aromatic rings. The summed E-state index contributed by atoms with van der Waals surface area (Å²) >= 11 is 0. The lowest BCUT2D eigenvalue weighted by atomic mass is 9.70. The van der Waals surface area contributed by atoms with Crippen LogP contribution in [-0.4, -0.2) is 28.3 Å².